The van der Waals surface area contributed by atoms with Crippen LogP contribution >= 0.6 is 0 Å². The first-order chi connectivity index (χ1) is 14.2. The maximum absolute atomic E-state index is 12.8. The highest BCUT2D eigenvalue weighted by Gasteiger charge is 2.27. The number of pyridine rings is 1. The first-order valence-electron chi connectivity index (χ1n) is 10.3. The summed E-state index contributed by atoms with van der Waals surface area (Å²) in [6.07, 6.45) is 9.12. The van der Waals surface area contributed by atoms with Crippen LogP contribution in [0, 0.1) is 5.92 Å². The fourth-order valence-corrected chi connectivity index (χ4v) is 3.90. The molecule has 0 spiro atoms. The van der Waals surface area contributed by atoms with Gasteiger partial charge in [-0.15, -0.1) is 0 Å². The predicted octanol–water partition coefficient (Wildman–Crippen LogP) is 2.20. The molecule has 2 fully saturated rings. The van der Waals surface area contributed by atoms with E-state index in [-0.39, 0.29) is 17.9 Å². The first-order valence-corrected chi connectivity index (χ1v) is 10.3. The van der Waals surface area contributed by atoms with Crippen LogP contribution in [0.1, 0.15) is 25.7 Å². The van der Waals surface area contributed by atoms with E-state index in [4.69, 9.17) is 4.74 Å². The largest absolute Gasteiger partial charge is 0.474 e. The lowest BCUT2D eigenvalue weighted by molar-refractivity contribution is -0.120. The molecule has 1 unspecified atom stereocenters. The van der Waals surface area contributed by atoms with Crippen molar-refractivity contribution >= 4 is 17.5 Å². The molecule has 2 aromatic rings. The lowest BCUT2D eigenvalue weighted by Gasteiger charge is -2.32. The zero-order valence-corrected chi connectivity index (χ0v) is 16.8. The van der Waals surface area contributed by atoms with Crippen molar-refractivity contribution < 1.29 is 9.53 Å². The maximum atomic E-state index is 12.8. The van der Waals surface area contributed by atoms with E-state index in [1.54, 1.807) is 30.7 Å². The highest BCUT2D eigenvalue weighted by Crippen LogP contribution is 2.23. The van der Waals surface area contributed by atoms with E-state index >= 15 is 0 Å². The molecule has 8 heteroatoms. The summed E-state index contributed by atoms with van der Waals surface area (Å²) in [7, 11) is 2.13. The molecule has 2 aromatic heterocycles. The van der Waals surface area contributed by atoms with E-state index in [2.05, 4.69) is 37.1 Å². The predicted molar refractivity (Wildman–Crippen MR) is 111 cm³/mol. The molecule has 2 aliphatic rings. The zero-order chi connectivity index (χ0) is 20.1. The van der Waals surface area contributed by atoms with Gasteiger partial charge in [-0.1, -0.05) is 0 Å². The summed E-state index contributed by atoms with van der Waals surface area (Å²) in [5, 5.41) is 3.03. The summed E-state index contributed by atoms with van der Waals surface area (Å²) in [5.41, 5.74) is 0.723. The molecule has 0 aliphatic carbocycles. The van der Waals surface area contributed by atoms with Crippen LogP contribution in [0.4, 0.5) is 11.6 Å². The number of carbonyl (C=O) groups is 1. The number of amides is 1. The summed E-state index contributed by atoms with van der Waals surface area (Å²) in [6.45, 7) is 3.56. The van der Waals surface area contributed by atoms with E-state index in [1.165, 1.54) is 0 Å². The van der Waals surface area contributed by atoms with Gasteiger partial charge in [0.05, 0.1) is 5.92 Å². The SMILES string of the molecule is CN1CCC(Oc2cc(NC(=O)C3CCCN(c4ncccn4)C3)ccn2)CC1. The lowest BCUT2D eigenvalue weighted by Crippen LogP contribution is -2.41. The van der Waals surface area contributed by atoms with Crippen LogP contribution in [-0.4, -0.2) is 65.1 Å². The number of rotatable bonds is 5. The number of ether oxygens (including phenoxy) is 1. The molecule has 0 aromatic carbocycles. The lowest BCUT2D eigenvalue weighted by atomic mass is 9.97. The van der Waals surface area contributed by atoms with Crippen LogP contribution in [0.3, 0.4) is 0 Å². The van der Waals surface area contributed by atoms with Crippen LogP contribution in [-0.2, 0) is 4.79 Å². The molecule has 8 nitrogen and oxygen atoms in total. The van der Waals surface area contributed by atoms with Crippen molar-refractivity contribution in [1.82, 2.24) is 19.9 Å². The molecule has 2 aliphatic heterocycles. The molecule has 154 valence electrons. The molecule has 0 radical (unpaired) electrons. The molecule has 1 amide bonds. The number of hydrogen-bond donors (Lipinski definition) is 1. The van der Waals surface area contributed by atoms with Crippen molar-refractivity contribution in [2.24, 2.45) is 5.92 Å². The molecular weight excluding hydrogens is 368 g/mol. The van der Waals surface area contributed by atoms with E-state index in [1.807, 2.05) is 6.07 Å². The van der Waals surface area contributed by atoms with Crippen LogP contribution < -0.4 is 15.0 Å². The molecule has 4 heterocycles. The van der Waals surface area contributed by atoms with Gasteiger partial charge in [0.15, 0.2) is 0 Å². The second-order valence-electron chi connectivity index (χ2n) is 7.83. The van der Waals surface area contributed by atoms with E-state index in [9.17, 15) is 4.79 Å². The second kappa shape index (κ2) is 9.17. The van der Waals surface area contributed by atoms with Crippen molar-refractivity contribution in [3.63, 3.8) is 0 Å². The Morgan fingerprint density at radius 1 is 1.10 bits per heavy atom. The van der Waals surface area contributed by atoms with Crippen LogP contribution in [0.5, 0.6) is 5.88 Å². The van der Waals surface area contributed by atoms with Gasteiger partial charge in [0.1, 0.15) is 6.10 Å². The van der Waals surface area contributed by atoms with Gasteiger partial charge in [-0.05, 0) is 44.9 Å². The third-order valence-electron chi connectivity index (χ3n) is 5.58. The average molecular weight is 396 g/mol. The maximum Gasteiger partial charge on any atom is 0.229 e. The summed E-state index contributed by atoms with van der Waals surface area (Å²) < 4.78 is 6.03. The van der Waals surface area contributed by atoms with Crippen molar-refractivity contribution in [2.45, 2.75) is 31.8 Å². The van der Waals surface area contributed by atoms with Crippen molar-refractivity contribution in [2.75, 3.05) is 43.4 Å². The second-order valence-corrected chi connectivity index (χ2v) is 7.83. The van der Waals surface area contributed by atoms with Gasteiger partial charge in [0.2, 0.25) is 17.7 Å². The van der Waals surface area contributed by atoms with Gasteiger partial charge in [0, 0.05) is 56.5 Å². The standard InChI is InChI=1S/C21H28N6O2/c1-26-12-6-18(7-13-26)29-19-14-17(5-10-22-19)25-20(28)16-4-2-11-27(15-16)21-23-8-3-9-24-21/h3,5,8-10,14,16,18H,2,4,6-7,11-13,15H2,1H3,(H,22,25,28). The monoisotopic (exact) mass is 396 g/mol. The molecule has 0 bridgehead atoms. The fourth-order valence-electron chi connectivity index (χ4n) is 3.90. The Bertz CT molecular complexity index is 810. The summed E-state index contributed by atoms with van der Waals surface area (Å²) in [5.74, 6) is 1.17. The van der Waals surface area contributed by atoms with Crippen molar-refractivity contribution in [3.05, 3.63) is 36.8 Å². The van der Waals surface area contributed by atoms with Gasteiger partial charge in [0.25, 0.3) is 0 Å². The Hall–Kier alpha value is -2.74. The third-order valence-corrected chi connectivity index (χ3v) is 5.58. The van der Waals surface area contributed by atoms with Gasteiger partial charge >= 0.3 is 0 Å². The number of nitrogens with one attached hydrogen (secondary N) is 1. The third kappa shape index (κ3) is 5.20. The average Bonchev–Trinajstić information content (AvgIpc) is 2.76. The molecule has 29 heavy (non-hydrogen) atoms. The quantitative estimate of drug-likeness (QED) is 0.829. The molecule has 1 N–H and O–H groups in total. The number of nitrogens with zero attached hydrogens (tertiary/aromatic N) is 5. The molecule has 1 atom stereocenters. The number of hydrogen-bond acceptors (Lipinski definition) is 7. The number of carbonyl (C=O) groups excluding carboxylic acids is 1. The summed E-state index contributed by atoms with van der Waals surface area (Å²) >= 11 is 0. The number of anilines is 2. The van der Waals surface area contributed by atoms with Gasteiger partial charge in [-0.3, -0.25) is 4.79 Å². The smallest absolute Gasteiger partial charge is 0.229 e. The molecule has 4 rings (SSSR count). The Morgan fingerprint density at radius 2 is 1.90 bits per heavy atom. The summed E-state index contributed by atoms with van der Waals surface area (Å²) in [6, 6.07) is 5.42. The zero-order valence-electron chi connectivity index (χ0n) is 16.8. The normalized spacial score (nSPS) is 21.0. The number of aromatic nitrogens is 3. The van der Waals surface area contributed by atoms with Gasteiger partial charge in [-0.25, -0.2) is 15.0 Å². The topological polar surface area (TPSA) is 83.5 Å². The first kappa shape index (κ1) is 19.6. The van der Waals surface area contributed by atoms with Gasteiger partial charge < -0.3 is 19.9 Å². The Labute approximate surface area is 171 Å². The molecule has 0 saturated carbocycles. The van der Waals surface area contributed by atoms with Gasteiger partial charge in [-0.2, -0.15) is 0 Å². The van der Waals surface area contributed by atoms with E-state index in [0.29, 0.717) is 18.4 Å². The Morgan fingerprint density at radius 3 is 2.69 bits per heavy atom. The summed E-state index contributed by atoms with van der Waals surface area (Å²) in [4.78, 5) is 30.1. The van der Waals surface area contributed by atoms with Crippen LogP contribution in [0.25, 0.3) is 0 Å². The van der Waals surface area contributed by atoms with Crippen LogP contribution in [0.15, 0.2) is 36.8 Å². The number of piperidine rings is 2. The van der Waals surface area contributed by atoms with Crippen molar-refractivity contribution in [1.29, 1.82) is 0 Å². The fraction of sp³-hybridized carbons (Fsp3) is 0.524. The highest BCUT2D eigenvalue weighted by molar-refractivity contribution is 5.93. The molecule has 2 saturated heterocycles. The minimum atomic E-state index is -0.0982. The Balaban J connectivity index is 1.34. The molecular formula is C21H28N6O2. The van der Waals surface area contributed by atoms with E-state index < -0.39 is 0 Å². The van der Waals surface area contributed by atoms with Crippen molar-refractivity contribution in [3.8, 4) is 5.88 Å². The minimum absolute atomic E-state index is 0.0158. The van der Waals surface area contributed by atoms with Crippen LogP contribution in [0.2, 0.25) is 0 Å². The minimum Gasteiger partial charge on any atom is -0.474 e. The Kier molecular flexibility index (Phi) is 6.19. The number of likely N-dealkylation sites (tertiary alicyclic amines) is 1. The van der Waals surface area contributed by atoms with E-state index in [0.717, 1.165) is 51.0 Å². The highest BCUT2D eigenvalue weighted by atomic mass is 16.5.